The zero-order chi connectivity index (χ0) is 25.1. The Kier molecular flexibility index (Phi) is 5.46. The summed E-state index contributed by atoms with van der Waals surface area (Å²) in [7, 11) is -1.59. The lowest BCUT2D eigenvalue weighted by molar-refractivity contribution is 0.102. The minimum absolute atomic E-state index is 0.135. The molecule has 2 aliphatic heterocycles. The van der Waals surface area contributed by atoms with Gasteiger partial charge in [-0.15, -0.1) is 0 Å². The Morgan fingerprint density at radius 3 is 2.47 bits per heavy atom. The summed E-state index contributed by atoms with van der Waals surface area (Å²) in [5.74, 6) is -0.1000. The number of pyridine rings is 1. The van der Waals surface area contributed by atoms with Crippen LogP contribution in [0.2, 0.25) is 0 Å². The van der Waals surface area contributed by atoms with Crippen LogP contribution >= 0.6 is 0 Å². The number of carbonyl (C=O) groups is 1. The molecule has 3 fully saturated rings. The number of carbonyl (C=O) groups excluding carboxylic acids is 1. The molecule has 1 aromatic heterocycles. The highest BCUT2D eigenvalue weighted by Gasteiger charge is 2.52. The first-order valence-electron chi connectivity index (χ1n) is 12.8. The number of aliphatic hydroxyl groups is 1. The van der Waals surface area contributed by atoms with Gasteiger partial charge < -0.3 is 20.2 Å². The van der Waals surface area contributed by atoms with Crippen molar-refractivity contribution < 1.29 is 18.3 Å². The van der Waals surface area contributed by atoms with Gasteiger partial charge in [-0.2, -0.15) is 0 Å². The van der Waals surface area contributed by atoms with Gasteiger partial charge in [0.05, 0.1) is 40.7 Å². The maximum Gasteiger partial charge on any atom is 0.258 e. The van der Waals surface area contributed by atoms with Crippen molar-refractivity contribution in [2.24, 2.45) is 5.41 Å². The lowest BCUT2D eigenvalue weighted by atomic mass is 9.93. The number of aromatic nitrogens is 1. The Bertz CT molecular complexity index is 1310. The van der Waals surface area contributed by atoms with Crippen LogP contribution in [-0.2, 0) is 15.4 Å². The number of fused-ring (bicyclic) bond motifs is 2. The molecule has 1 aromatic carbocycles. The highest BCUT2D eigenvalue weighted by molar-refractivity contribution is 7.92. The van der Waals surface area contributed by atoms with Gasteiger partial charge in [0.2, 0.25) is 10.0 Å². The summed E-state index contributed by atoms with van der Waals surface area (Å²) < 4.78 is 27.0. The molecule has 0 radical (unpaired) electrons. The molecule has 1 saturated heterocycles. The van der Waals surface area contributed by atoms with Crippen LogP contribution in [0, 0.1) is 5.41 Å². The van der Waals surface area contributed by atoms with Gasteiger partial charge >= 0.3 is 0 Å². The van der Waals surface area contributed by atoms with Crippen LogP contribution in [0.3, 0.4) is 0 Å². The number of benzene rings is 1. The van der Waals surface area contributed by atoms with Crippen LogP contribution in [0.1, 0.15) is 54.6 Å². The molecule has 3 heterocycles. The fourth-order valence-electron chi connectivity index (χ4n) is 5.86. The first-order valence-corrected chi connectivity index (χ1v) is 14.4. The second kappa shape index (κ2) is 8.34. The molecule has 2 saturated carbocycles. The van der Waals surface area contributed by atoms with Crippen molar-refractivity contribution in [3.05, 3.63) is 41.6 Å². The third-order valence-electron chi connectivity index (χ3n) is 8.42. The van der Waals surface area contributed by atoms with Gasteiger partial charge in [-0.25, -0.2) is 13.4 Å². The molecule has 0 bridgehead atoms. The largest absolute Gasteiger partial charge is 0.395 e. The molecule has 10 heteroatoms. The normalized spacial score (nSPS) is 20.9. The number of aliphatic hydroxyl groups excluding tert-OH is 1. The van der Waals surface area contributed by atoms with E-state index in [1.807, 2.05) is 12.1 Å². The smallest absolute Gasteiger partial charge is 0.258 e. The van der Waals surface area contributed by atoms with E-state index in [0.717, 1.165) is 56.7 Å². The van der Waals surface area contributed by atoms with E-state index in [0.29, 0.717) is 28.2 Å². The Hall–Kier alpha value is -2.85. The van der Waals surface area contributed by atoms with Gasteiger partial charge in [-0.3, -0.25) is 9.52 Å². The number of likely N-dealkylation sites (N-methyl/N-ethyl adjacent to an activating group) is 1. The quantitative estimate of drug-likeness (QED) is 0.524. The van der Waals surface area contributed by atoms with Gasteiger partial charge in [0.15, 0.2) is 0 Å². The van der Waals surface area contributed by atoms with Crippen LogP contribution < -0.4 is 19.8 Å². The van der Waals surface area contributed by atoms with Gasteiger partial charge in [-0.05, 0) is 74.3 Å². The lowest BCUT2D eigenvalue weighted by Crippen LogP contribution is -2.35. The van der Waals surface area contributed by atoms with E-state index in [4.69, 9.17) is 10.1 Å². The number of hydrogen-bond acceptors (Lipinski definition) is 7. The number of nitrogens with zero attached hydrogens (tertiary/aromatic N) is 3. The summed E-state index contributed by atoms with van der Waals surface area (Å²) in [5.41, 5.74) is 4.40. The minimum atomic E-state index is -3.67. The maximum absolute atomic E-state index is 13.5. The van der Waals surface area contributed by atoms with Crippen molar-refractivity contribution in [1.29, 1.82) is 0 Å². The third kappa shape index (κ3) is 4.30. The van der Waals surface area contributed by atoms with E-state index in [-0.39, 0.29) is 17.1 Å². The number of nitrogens with one attached hydrogen (secondary N) is 2. The summed E-state index contributed by atoms with van der Waals surface area (Å²) in [6.07, 6.45) is 6.96. The average molecular weight is 512 g/mol. The molecule has 3 N–H and O–H groups in total. The lowest BCUT2D eigenvalue weighted by Gasteiger charge is -2.35. The highest BCUT2D eigenvalue weighted by atomic mass is 32.2. The van der Waals surface area contributed by atoms with E-state index in [2.05, 4.69) is 26.9 Å². The molecule has 192 valence electrons. The topological polar surface area (TPSA) is 115 Å². The molecule has 36 heavy (non-hydrogen) atoms. The first kappa shape index (κ1) is 23.5. The Balaban J connectivity index is 1.28. The maximum atomic E-state index is 13.5. The molecule has 0 unspecified atom stereocenters. The monoisotopic (exact) mass is 511 g/mol. The predicted octanol–water partition coefficient (Wildman–Crippen LogP) is 2.93. The SMILES string of the molecule is CN1CC2(CC2)c2nc(NC(=O)c3ccc(NS(=O)(=O)CCO)cc3N3CCC4(CC3)CC4)ccc21. The van der Waals surface area contributed by atoms with Crippen LogP contribution in [0.25, 0.3) is 0 Å². The molecule has 4 aliphatic rings. The molecule has 2 aromatic rings. The van der Waals surface area contributed by atoms with Crippen molar-refractivity contribution in [2.45, 2.75) is 43.9 Å². The van der Waals surface area contributed by atoms with Crippen LogP contribution in [0.15, 0.2) is 30.3 Å². The molecule has 6 rings (SSSR count). The summed E-state index contributed by atoms with van der Waals surface area (Å²) in [5, 5.41) is 12.1. The van der Waals surface area contributed by atoms with Crippen molar-refractivity contribution in [3.63, 3.8) is 0 Å². The number of piperidine rings is 1. The van der Waals surface area contributed by atoms with Gasteiger partial charge in [0, 0.05) is 32.1 Å². The predicted molar refractivity (Wildman–Crippen MR) is 140 cm³/mol. The van der Waals surface area contributed by atoms with Gasteiger partial charge in [-0.1, -0.05) is 0 Å². The van der Waals surface area contributed by atoms with Crippen LogP contribution in [0.5, 0.6) is 0 Å². The van der Waals surface area contributed by atoms with E-state index < -0.39 is 16.6 Å². The van der Waals surface area contributed by atoms with E-state index >= 15 is 0 Å². The van der Waals surface area contributed by atoms with Crippen molar-refractivity contribution >= 4 is 38.8 Å². The second-order valence-electron chi connectivity index (χ2n) is 11.0. The van der Waals surface area contributed by atoms with E-state index in [1.165, 1.54) is 12.8 Å². The molecular weight excluding hydrogens is 478 g/mol. The third-order valence-corrected chi connectivity index (χ3v) is 9.69. The standard InChI is InChI=1S/C26H33N5O4S/c1-30-17-26(8-9-26)23-20(30)4-5-22(27-23)28-24(33)19-3-2-18(29-36(34,35)15-14-32)16-21(19)31-12-10-25(6-7-25)11-13-31/h2-5,16,29,32H,6-15,17H2,1H3,(H,27,28,33). The zero-order valence-electron chi connectivity index (χ0n) is 20.6. The van der Waals surface area contributed by atoms with Crippen molar-refractivity contribution in [1.82, 2.24) is 4.98 Å². The average Bonchev–Trinajstić information content (AvgIpc) is 3.76. The minimum Gasteiger partial charge on any atom is -0.395 e. The summed E-state index contributed by atoms with van der Waals surface area (Å²) in [6, 6.07) is 8.89. The number of hydrogen-bond donors (Lipinski definition) is 3. The summed E-state index contributed by atoms with van der Waals surface area (Å²) in [4.78, 5) is 22.8. The zero-order valence-corrected chi connectivity index (χ0v) is 21.4. The fourth-order valence-corrected chi connectivity index (χ4v) is 6.69. The summed E-state index contributed by atoms with van der Waals surface area (Å²) >= 11 is 0. The Morgan fingerprint density at radius 1 is 1.06 bits per heavy atom. The van der Waals surface area contributed by atoms with Crippen molar-refractivity contribution in [3.8, 4) is 0 Å². The molecule has 1 amide bonds. The molecule has 2 spiro atoms. The second-order valence-corrected chi connectivity index (χ2v) is 12.9. The number of amides is 1. The van der Waals surface area contributed by atoms with Gasteiger partial charge in [0.25, 0.3) is 5.91 Å². The highest BCUT2D eigenvalue weighted by Crippen LogP contribution is 2.55. The molecule has 2 aliphatic carbocycles. The summed E-state index contributed by atoms with van der Waals surface area (Å²) in [6.45, 7) is 2.18. The number of anilines is 4. The fraction of sp³-hybridized carbons (Fsp3) is 0.538. The Labute approximate surface area is 211 Å². The van der Waals surface area contributed by atoms with E-state index in [1.54, 1.807) is 18.2 Å². The van der Waals surface area contributed by atoms with Crippen LogP contribution in [-0.4, -0.2) is 63.5 Å². The van der Waals surface area contributed by atoms with Gasteiger partial charge in [0.1, 0.15) is 5.82 Å². The number of rotatable bonds is 7. The Morgan fingerprint density at radius 2 is 1.81 bits per heavy atom. The molecule has 9 nitrogen and oxygen atoms in total. The first-order chi connectivity index (χ1) is 17.2. The number of sulfonamides is 1. The van der Waals surface area contributed by atoms with Crippen molar-refractivity contribution in [2.75, 3.05) is 58.9 Å². The van der Waals surface area contributed by atoms with Crippen LogP contribution in [0.4, 0.5) is 22.9 Å². The van der Waals surface area contributed by atoms with E-state index in [9.17, 15) is 13.2 Å². The molecule has 0 atom stereocenters. The molecular formula is C26H33N5O4S.